The summed E-state index contributed by atoms with van der Waals surface area (Å²) in [4.78, 5) is 12.9. The van der Waals surface area contributed by atoms with E-state index in [1.807, 2.05) is 13.1 Å². The van der Waals surface area contributed by atoms with E-state index in [2.05, 4.69) is 30.0 Å². The Labute approximate surface area is 85.5 Å². The van der Waals surface area contributed by atoms with Crippen molar-refractivity contribution in [1.29, 1.82) is 0 Å². The summed E-state index contributed by atoms with van der Waals surface area (Å²) in [5.74, 6) is 0.240. The van der Waals surface area contributed by atoms with Gasteiger partial charge in [-0.05, 0) is 31.5 Å². The predicted molar refractivity (Wildman–Crippen MR) is 59.7 cm³/mol. The van der Waals surface area contributed by atoms with Gasteiger partial charge in [0.15, 0.2) is 0 Å². The van der Waals surface area contributed by atoms with Crippen LogP contribution in [-0.4, -0.2) is 19.4 Å². The number of Topliss-reactive ketones (excluding diaryl/α,β-unsaturated/α-hetero) is 1. The molecule has 1 aromatic rings. The molecule has 1 rings (SSSR count). The highest BCUT2D eigenvalue weighted by atomic mass is 16.1. The summed E-state index contributed by atoms with van der Waals surface area (Å²) in [5, 5.41) is 0. The molecule has 0 fully saturated rings. The van der Waals surface area contributed by atoms with E-state index in [0.717, 1.165) is 6.54 Å². The van der Waals surface area contributed by atoms with Gasteiger partial charge in [0.05, 0.1) is 0 Å². The first-order valence-electron chi connectivity index (χ1n) is 4.87. The normalized spacial score (nSPS) is 9.93. The van der Waals surface area contributed by atoms with E-state index < -0.39 is 0 Å². The lowest BCUT2D eigenvalue weighted by molar-refractivity contribution is -0.116. The Morgan fingerprint density at radius 1 is 1.43 bits per heavy atom. The van der Waals surface area contributed by atoms with Gasteiger partial charge < -0.3 is 4.90 Å². The van der Waals surface area contributed by atoms with Crippen LogP contribution in [0, 0.1) is 6.92 Å². The second kappa shape index (κ2) is 4.80. The summed E-state index contributed by atoms with van der Waals surface area (Å²) < 4.78 is 0. The molecule has 0 heterocycles. The molecule has 0 bridgehead atoms. The van der Waals surface area contributed by atoms with E-state index in [0.29, 0.717) is 6.42 Å². The molecule has 2 nitrogen and oxygen atoms in total. The van der Waals surface area contributed by atoms with Crippen molar-refractivity contribution in [2.45, 2.75) is 20.3 Å². The van der Waals surface area contributed by atoms with Crippen molar-refractivity contribution >= 4 is 11.5 Å². The number of rotatable bonds is 4. The molecule has 2 heteroatoms. The number of nitrogens with zero attached hydrogens (tertiary/aromatic N) is 1. The lowest BCUT2D eigenvalue weighted by Crippen LogP contribution is -2.20. The van der Waals surface area contributed by atoms with E-state index in [1.54, 1.807) is 6.92 Å². The Hall–Kier alpha value is -1.31. The Kier molecular flexibility index (Phi) is 3.69. The molecule has 76 valence electrons. The summed E-state index contributed by atoms with van der Waals surface area (Å²) in [7, 11) is 2.01. The highest BCUT2D eigenvalue weighted by Gasteiger charge is 2.01. The van der Waals surface area contributed by atoms with Crippen molar-refractivity contribution < 1.29 is 4.79 Å². The number of ketones is 1. The van der Waals surface area contributed by atoms with E-state index in [4.69, 9.17) is 0 Å². The van der Waals surface area contributed by atoms with Crippen LogP contribution in [0.5, 0.6) is 0 Å². The number of anilines is 1. The van der Waals surface area contributed by atoms with Crippen LogP contribution in [0.4, 0.5) is 5.69 Å². The average Bonchev–Trinajstić information content (AvgIpc) is 2.14. The predicted octanol–water partition coefficient (Wildman–Crippen LogP) is 2.41. The molecule has 14 heavy (non-hydrogen) atoms. The van der Waals surface area contributed by atoms with E-state index >= 15 is 0 Å². The number of carbonyl (C=O) groups is 1. The Morgan fingerprint density at radius 2 is 2.14 bits per heavy atom. The van der Waals surface area contributed by atoms with Gasteiger partial charge in [-0.2, -0.15) is 0 Å². The summed E-state index contributed by atoms with van der Waals surface area (Å²) >= 11 is 0. The van der Waals surface area contributed by atoms with Crippen LogP contribution < -0.4 is 4.90 Å². The minimum atomic E-state index is 0.240. The van der Waals surface area contributed by atoms with Crippen LogP contribution in [0.2, 0.25) is 0 Å². The molecule has 0 aliphatic rings. The molecule has 0 spiro atoms. The van der Waals surface area contributed by atoms with Gasteiger partial charge in [-0.1, -0.05) is 12.1 Å². The fourth-order valence-corrected chi connectivity index (χ4v) is 1.32. The molecule has 0 saturated heterocycles. The third kappa shape index (κ3) is 3.21. The topological polar surface area (TPSA) is 20.3 Å². The summed E-state index contributed by atoms with van der Waals surface area (Å²) in [5.41, 5.74) is 2.42. The number of hydrogen-bond donors (Lipinski definition) is 0. The summed E-state index contributed by atoms with van der Waals surface area (Å²) in [6.45, 7) is 4.49. The van der Waals surface area contributed by atoms with Crippen molar-refractivity contribution in [3.8, 4) is 0 Å². The lowest BCUT2D eigenvalue weighted by atomic mass is 10.2. The quantitative estimate of drug-likeness (QED) is 0.728. The van der Waals surface area contributed by atoms with Crippen molar-refractivity contribution in [3.63, 3.8) is 0 Å². The molecular weight excluding hydrogens is 174 g/mol. The standard InChI is InChI=1S/C12H17NO/c1-10-5-4-6-12(9-10)13(3)8-7-11(2)14/h4-6,9H,7-8H2,1-3H3. The van der Waals surface area contributed by atoms with Crippen molar-refractivity contribution in [3.05, 3.63) is 29.8 Å². The molecule has 0 amide bonds. The minimum absolute atomic E-state index is 0.240. The van der Waals surface area contributed by atoms with Gasteiger partial charge in [0.2, 0.25) is 0 Å². The van der Waals surface area contributed by atoms with Gasteiger partial charge in [0, 0.05) is 25.7 Å². The van der Waals surface area contributed by atoms with E-state index in [1.165, 1.54) is 11.3 Å². The monoisotopic (exact) mass is 191 g/mol. The highest BCUT2D eigenvalue weighted by molar-refractivity contribution is 5.76. The first-order chi connectivity index (χ1) is 6.59. The minimum Gasteiger partial charge on any atom is -0.374 e. The van der Waals surface area contributed by atoms with Crippen molar-refractivity contribution in [1.82, 2.24) is 0 Å². The van der Waals surface area contributed by atoms with Crippen LogP contribution in [0.15, 0.2) is 24.3 Å². The van der Waals surface area contributed by atoms with Gasteiger partial charge in [-0.15, -0.1) is 0 Å². The first kappa shape index (κ1) is 10.8. The molecular formula is C12H17NO. The molecule has 0 N–H and O–H groups in total. The third-order valence-electron chi connectivity index (χ3n) is 2.24. The van der Waals surface area contributed by atoms with Crippen LogP contribution >= 0.6 is 0 Å². The Bertz CT molecular complexity index is 320. The zero-order chi connectivity index (χ0) is 10.6. The molecule has 0 aliphatic carbocycles. The molecule has 0 unspecified atom stereocenters. The SMILES string of the molecule is CC(=O)CCN(C)c1cccc(C)c1. The zero-order valence-corrected chi connectivity index (χ0v) is 9.08. The fourth-order valence-electron chi connectivity index (χ4n) is 1.32. The second-order valence-electron chi connectivity index (χ2n) is 3.71. The van der Waals surface area contributed by atoms with Crippen LogP contribution in [0.1, 0.15) is 18.9 Å². The number of hydrogen-bond acceptors (Lipinski definition) is 2. The number of benzene rings is 1. The Morgan fingerprint density at radius 3 is 2.71 bits per heavy atom. The zero-order valence-electron chi connectivity index (χ0n) is 9.08. The smallest absolute Gasteiger partial charge is 0.131 e. The molecule has 0 aliphatic heterocycles. The molecule has 1 aromatic carbocycles. The van der Waals surface area contributed by atoms with Crippen molar-refractivity contribution in [2.24, 2.45) is 0 Å². The number of aryl methyl sites for hydroxylation is 1. The van der Waals surface area contributed by atoms with E-state index in [9.17, 15) is 4.79 Å². The maximum Gasteiger partial charge on any atom is 0.131 e. The lowest BCUT2D eigenvalue weighted by Gasteiger charge is -2.18. The number of carbonyl (C=O) groups excluding carboxylic acids is 1. The molecule has 0 radical (unpaired) electrons. The maximum atomic E-state index is 10.8. The van der Waals surface area contributed by atoms with Gasteiger partial charge in [0.1, 0.15) is 5.78 Å². The fraction of sp³-hybridized carbons (Fsp3) is 0.417. The molecule has 0 saturated carbocycles. The van der Waals surface area contributed by atoms with Crippen LogP contribution in [0.3, 0.4) is 0 Å². The average molecular weight is 191 g/mol. The second-order valence-corrected chi connectivity index (χ2v) is 3.71. The highest BCUT2D eigenvalue weighted by Crippen LogP contribution is 2.14. The maximum absolute atomic E-state index is 10.8. The van der Waals surface area contributed by atoms with Gasteiger partial charge >= 0.3 is 0 Å². The van der Waals surface area contributed by atoms with Gasteiger partial charge in [-0.25, -0.2) is 0 Å². The van der Waals surface area contributed by atoms with Crippen LogP contribution in [-0.2, 0) is 4.79 Å². The van der Waals surface area contributed by atoms with Crippen molar-refractivity contribution in [2.75, 3.05) is 18.5 Å². The van der Waals surface area contributed by atoms with Gasteiger partial charge in [-0.3, -0.25) is 4.79 Å². The Balaban J connectivity index is 2.60. The van der Waals surface area contributed by atoms with E-state index in [-0.39, 0.29) is 5.78 Å². The summed E-state index contributed by atoms with van der Waals surface area (Å²) in [6.07, 6.45) is 0.616. The molecule has 0 atom stereocenters. The van der Waals surface area contributed by atoms with Crippen LogP contribution in [0.25, 0.3) is 0 Å². The molecule has 0 aromatic heterocycles. The third-order valence-corrected chi connectivity index (χ3v) is 2.24. The van der Waals surface area contributed by atoms with Gasteiger partial charge in [0.25, 0.3) is 0 Å². The largest absolute Gasteiger partial charge is 0.374 e. The first-order valence-corrected chi connectivity index (χ1v) is 4.87. The summed E-state index contributed by atoms with van der Waals surface area (Å²) in [6, 6.07) is 8.30.